The zero-order chi connectivity index (χ0) is 19.3. The maximum Gasteiger partial charge on any atom is 0.306 e. The average Bonchev–Trinajstić information content (AvgIpc) is 3.18. The number of rotatable bonds is 7. The summed E-state index contributed by atoms with van der Waals surface area (Å²) in [6, 6.07) is 8.12. The van der Waals surface area contributed by atoms with Crippen LogP contribution in [-0.2, 0) is 19.7 Å². The Bertz CT molecular complexity index is 651. The van der Waals surface area contributed by atoms with Crippen LogP contribution < -0.4 is 10.1 Å². The van der Waals surface area contributed by atoms with Crippen molar-refractivity contribution >= 4 is 11.9 Å². The van der Waals surface area contributed by atoms with Crippen molar-refractivity contribution in [3.8, 4) is 5.75 Å². The predicted octanol–water partition coefficient (Wildman–Crippen LogP) is 2.75. The second-order valence-corrected chi connectivity index (χ2v) is 7.61. The molecule has 0 aromatic heterocycles. The molecule has 1 aromatic carbocycles. The molecule has 1 aliphatic carbocycles. The highest BCUT2D eigenvalue weighted by Crippen LogP contribution is 2.36. The van der Waals surface area contributed by atoms with Crippen molar-refractivity contribution in [1.82, 2.24) is 5.32 Å². The van der Waals surface area contributed by atoms with Gasteiger partial charge in [-0.3, -0.25) is 9.59 Å². The van der Waals surface area contributed by atoms with Crippen molar-refractivity contribution in [2.24, 2.45) is 11.8 Å². The molecule has 3 rings (SSSR count). The fraction of sp³-hybridized carbons (Fsp3) is 0.619. The number of hydrogen-bond donors (Lipinski definition) is 2. The molecule has 148 valence electrons. The van der Waals surface area contributed by atoms with Crippen LogP contribution in [0.5, 0.6) is 5.75 Å². The number of aliphatic carboxylic acids is 1. The highest BCUT2D eigenvalue weighted by Gasteiger charge is 2.37. The average molecular weight is 375 g/mol. The van der Waals surface area contributed by atoms with Gasteiger partial charge in [0.2, 0.25) is 5.91 Å². The van der Waals surface area contributed by atoms with Gasteiger partial charge in [-0.05, 0) is 56.7 Å². The van der Waals surface area contributed by atoms with Crippen molar-refractivity contribution in [3.63, 3.8) is 0 Å². The van der Waals surface area contributed by atoms with Crippen molar-refractivity contribution in [2.45, 2.75) is 44.4 Å². The summed E-state index contributed by atoms with van der Waals surface area (Å²) < 4.78 is 11.1. The number of carbonyl (C=O) groups excluding carboxylic acids is 1. The van der Waals surface area contributed by atoms with Crippen LogP contribution in [0.1, 0.15) is 44.6 Å². The molecule has 1 saturated heterocycles. The van der Waals surface area contributed by atoms with Gasteiger partial charge in [0.25, 0.3) is 0 Å². The molecule has 2 fully saturated rings. The summed E-state index contributed by atoms with van der Waals surface area (Å²) in [5, 5.41) is 12.3. The molecule has 0 bridgehead atoms. The normalized spacial score (nSPS) is 24.3. The molecule has 1 aliphatic heterocycles. The molecule has 0 radical (unpaired) electrons. The fourth-order valence-corrected chi connectivity index (χ4v) is 4.25. The number of nitrogens with one attached hydrogen (secondary N) is 1. The van der Waals surface area contributed by atoms with Gasteiger partial charge in [0, 0.05) is 31.1 Å². The van der Waals surface area contributed by atoms with Crippen LogP contribution in [-0.4, -0.2) is 43.3 Å². The van der Waals surface area contributed by atoms with E-state index in [9.17, 15) is 9.59 Å². The van der Waals surface area contributed by atoms with E-state index in [0.717, 1.165) is 18.6 Å². The Hall–Kier alpha value is -2.08. The molecule has 6 heteroatoms. The van der Waals surface area contributed by atoms with Gasteiger partial charge in [0.1, 0.15) is 5.75 Å². The Morgan fingerprint density at radius 2 is 1.85 bits per heavy atom. The Labute approximate surface area is 160 Å². The van der Waals surface area contributed by atoms with Gasteiger partial charge in [-0.25, -0.2) is 0 Å². The third-order valence-electron chi connectivity index (χ3n) is 5.98. The number of carboxylic acids is 1. The van der Waals surface area contributed by atoms with E-state index in [2.05, 4.69) is 17.4 Å². The van der Waals surface area contributed by atoms with E-state index in [4.69, 9.17) is 14.6 Å². The van der Waals surface area contributed by atoms with Gasteiger partial charge in [-0.1, -0.05) is 12.1 Å². The Morgan fingerprint density at radius 3 is 2.44 bits per heavy atom. The van der Waals surface area contributed by atoms with Crippen LogP contribution in [0.3, 0.4) is 0 Å². The fourth-order valence-electron chi connectivity index (χ4n) is 4.25. The minimum absolute atomic E-state index is 0.0180. The van der Waals surface area contributed by atoms with Crippen LogP contribution in [0.25, 0.3) is 0 Å². The molecule has 1 saturated carbocycles. The first-order valence-electron chi connectivity index (χ1n) is 9.86. The van der Waals surface area contributed by atoms with E-state index in [1.165, 1.54) is 5.56 Å². The van der Waals surface area contributed by atoms with Crippen LogP contribution in [0.15, 0.2) is 24.3 Å². The second-order valence-electron chi connectivity index (χ2n) is 7.61. The first-order chi connectivity index (χ1) is 13.0. The number of benzene rings is 1. The summed E-state index contributed by atoms with van der Waals surface area (Å²) in [7, 11) is 0. The summed E-state index contributed by atoms with van der Waals surface area (Å²) >= 11 is 0. The quantitative estimate of drug-likeness (QED) is 0.765. The smallest absolute Gasteiger partial charge is 0.306 e. The number of carboxylic acid groups (broad SMARTS) is 1. The Balaban J connectivity index is 1.66. The van der Waals surface area contributed by atoms with Crippen LogP contribution in [0, 0.1) is 11.8 Å². The maximum atomic E-state index is 12.6. The van der Waals surface area contributed by atoms with Crippen molar-refractivity contribution in [2.75, 3.05) is 26.4 Å². The molecule has 1 heterocycles. The molecular formula is C21H29NO5. The third kappa shape index (κ3) is 4.61. The second kappa shape index (κ2) is 8.74. The van der Waals surface area contributed by atoms with Crippen LogP contribution in [0.2, 0.25) is 0 Å². The molecule has 0 spiro atoms. The number of carbonyl (C=O) groups is 2. The topological polar surface area (TPSA) is 84.9 Å². The van der Waals surface area contributed by atoms with Gasteiger partial charge in [0.05, 0.1) is 12.5 Å². The van der Waals surface area contributed by atoms with E-state index in [1.807, 2.05) is 19.1 Å². The summed E-state index contributed by atoms with van der Waals surface area (Å²) in [6.45, 7) is 4.49. The number of hydrogen-bond acceptors (Lipinski definition) is 4. The lowest BCUT2D eigenvalue weighted by Crippen LogP contribution is -2.45. The molecular weight excluding hydrogens is 346 g/mol. The Morgan fingerprint density at radius 1 is 1.19 bits per heavy atom. The molecule has 1 amide bonds. The van der Waals surface area contributed by atoms with Crippen LogP contribution >= 0.6 is 0 Å². The van der Waals surface area contributed by atoms with Crippen molar-refractivity contribution < 1.29 is 24.2 Å². The highest BCUT2D eigenvalue weighted by molar-refractivity contribution is 5.81. The minimum atomic E-state index is -0.791. The summed E-state index contributed by atoms with van der Waals surface area (Å²) in [5.74, 6) is -0.540. The van der Waals surface area contributed by atoms with Crippen molar-refractivity contribution in [1.29, 1.82) is 0 Å². The largest absolute Gasteiger partial charge is 0.494 e. The SMILES string of the molecule is CCOc1ccc(C2(CNC(=O)[C@@H]3CC[C@H](C(=O)O)C3)CCOCC2)cc1. The lowest BCUT2D eigenvalue weighted by molar-refractivity contribution is -0.141. The minimum Gasteiger partial charge on any atom is -0.494 e. The highest BCUT2D eigenvalue weighted by atomic mass is 16.5. The van der Waals surface area contributed by atoms with Gasteiger partial charge in [0.15, 0.2) is 0 Å². The molecule has 2 aliphatic rings. The molecule has 27 heavy (non-hydrogen) atoms. The molecule has 2 N–H and O–H groups in total. The van der Waals surface area contributed by atoms with E-state index in [0.29, 0.717) is 45.6 Å². The first kappa shape index (κ1) is 19.7. The van der Waals surface area contributed by atoms with E-state index in [-0.39, 0.29) is 23.2 Å². The summed E-state index contributed by atoms with van der Waals surface area (Å²) in [6.07, 6.45) is 3.39. The zero-order valence-electron chi connectivity index (χ0n) is 15.9. The molecule has 1 aromatic rings. The third-order valence-corrected chi connectivity index (χ3v) is 5.98. The van der Waals surface area contributed by atoms with Gasteiger partial charge < -0.3 is 19.9 Å². The van der Waals surface area contributed by atoms with Gasteiger partial charge >= 0.3 is 5.97 Å². The van der Waals surface area contributed by atoms with Crippen LogP contribution in [0.4, 0.5) is 0 Å². The number of ether oxygens (including phenoxy) is 2. The molecule has 2 atom stereocenters. The maximum absolute atomic E-state index is 12.6. The predicted molar refractivity (Wildman–Crippen MR) is 101 cm³/mol. The van der Waals surface area contributed by atoms with Crippen molar-refractivity contribution in [3.05, 3.63) is 29.8 Å². The van der Waals surface area contributed by atoms with E-state index in [1.54, 1.807) is 0 Å². The molecule has 0 unspecified atom stereocenters. The van der Waals surface area contributed by atoms with E-state index >= 15 is 0 Å². The lowest BCUT2D eigenvalue weighted by atomic mass is 9.74. The summed E-state index contributed by atoms with van der Waals surface area (Å²) in [5.41, 5.74) is 1.04. The van der Waals surface area contributed by atoms with E-state index < -0.39 is 5.97 Å². The first-order valence-corrected chi connectivity index (χ1v) is 9.86. The van der Waals surface area contributed by atoms with Gasteiger partial charge in [-0.15, -0.1) is 0 Å². The number of amides is 1. The lowest BCUT2D eigenvalue weighted by Gasteiger charge is -2.38. The standard InChI is InChI=1S/C21H29NO5/c1-2-27-18-7-5-17(6-8-18)21(9-11-26-12-10-21)14-22-19(23)15-3-4-16(13-15)20(24)25/h5-8,15-16H,2-4,9-14H2,1H3,(H,22,23)(H,24,25)/t15-,16+/m1/s1. The summed E-state index contributed by atoms with van der Waals surface area (Å²) in [4.78, 5) is 23.7. The van der Waals surface area contributed by atoms with Gasteiger partial charge in [-0.2, -0.15) is 0 Å². The molecule has 6 nitrogen and oxygen atoms in total. The Kier molecular flexibility index (Phi) is 6.37. The monoisotopic (exact) mass is 375 g/mol. The zero-order valence-corrected chi connectivity index (χ0v) is 15.9.